The minimum atomic E-state index is 0.0949. The van der Waals surface area contributed by atoms with Crippen molar-refractivity contribution >= 4 is 5.91 Å². The van der Waals surface area contributed by atoms with Crippen molar-refractivity contribution in [2.45, 2.75) is 58.6 Å². The highest BCUT2D eigenvalue weighted by Crippen LogP contribution is 2.23. The molecule has 174 valence electrons. The molecule has 1 amide bonds. The molecule has 0 saturated carbocycles. The summed E-state index contributed by atoms with van der Waals surface area (Å²) in [4.78, 5) is 18.1. The van der Waals surface area contributed by atoms with Gasteiger partial charge in [-0.05, 0) is 75.2 Å². The minimum absolute atomic E-state index is 0.0949. The summed E-state index contributed by atoms with van der Waals surface area (Å²) in [6.45, 7) is 9.78. The Morgan fingerprint density at radius 3 is 2.62 bits per heavy atom. The van der Waals surface area contributed by atoms with Gasteiger partial charge < -0.3 is 9.64 Å². The van der Waals surface area contributed by atoms with E-state index in [0.717, 1.165) is 70.6 Å². The lowest BCUT2D eigenvalue weighted by Crippen LogP contribution is -2.44. The van der Waals surface area contributed by atoms with Gasteiger partial charge in [-0.15, -0.1) is 0 Å². The van der Waals surface area contributed by atoms with Gasteiger partial charge in [0.1, 0.15) is 5.69 Å². The molecule has 2 aliphatic heterocycles. The van der Waals surface area contributed by atoms with Crippen LogP contribution in [-0.2, 0) is 24.8 Å². The van der Waals surface area contributed by atoms with Gasteiger partial charge in [0.05, 0.1) is 11.8 Å². The summed E-state index contributed by atoms with van der Waals surface area (Å²) in [7, 11) is 1.88. The molecular formula is C26H38N4O2. The molecule has 3 heterocycles. The highest BCUT2D eigenvalue weighted by Gasteiger charge is 2.29. The van der Waals surface area contributed by atoms with Crippen LogP contribution in [0.25, 0.3) is 0 Å². The third-order valence-corrected chi connectivity index (χ3v) is 7.09. The lowest BCUT2D eigenvalue weighted by Gasteiger charge is -2.35. The van der Waals surface area contributed by atoms with Gasteiger partial charge in [-0.1, -0.05) is 31.2 Å². The van der Waals surface area contributed by atoms with E-state index in [1.165, 1.54) is 11.1 Å². The number of hydrogen-bond acceptors (Lipinski definition) is 4. The second kappa shape index (κ2) is 10.6. The Morgan fingerprint density at radius 2 is 1.97 bits per heavy atom. The zero-order valence-corrected chi connectivity index (χ0v) is 19.9. The molecule has 2 aliphatic rings. The molecule has 6 heteroatoms. The van der Waals surface area contributed by atoms with Gasteiger partial charge in [0.25, 0.3) is 5.91 Å². The molecule has 6 nitrogen and oxygen atoms in total. The van der Waals surface area contributed by atoms with Gasteiger partial charge in [0.15, 0.2) is 0 Å². The largest absolute Gasteiger partial charge is 0.376 e. The van der Waals surface area contributed by atoms with Crippen LogP contribution in [0.15, 0.2) is 30.3 Å². The van der Waals surface area contributed by atoms with E-state index in [2.05, 4.69) is 48.1 Å². The van der Waals surface area contributed by atoms with Gasteiger partial charge in [-0.2, -0.15) is 5.10 Å². The van der Waals surface area contributed by atoms with E-state index < -0.39 is 0 Å². The Morgan fingerprint density at radius 1 is 1.19 bits per heavy atom. The Bertz CT molecular complexity index is 895. The third kappa shape index (κ3) is 5.59. The summed E-state index contributed by atoms with van der Waals surface area (Å²) in [5.74, 6) is 0.630. The molecule has 2 aromatic rings. The van der Waals surface area contributed by atoms with Crippen molar-refractivity contribution in [1.29, 1.82) is 0 Å². The summed E-state index contributed by atoms with van der Waals surface area (Å²) in [5, 5.41) is 4.50. The number of ether oxygens (including phenoxy) is 1. The van der Waals surface area contributed by atoms with Crippen molar-refractivity contribution in [3.05, 3.63) is 52.8 Å². The highest BCUT2D eigenvalue weighted by atomic mass is 16.5. The Labute approximate surface area is 192 Å². The van der Waals surface area contributed by atoms with Crippen LogP contribution in [0.1, 0.15) is 59.9 Å². The number of likely N-dealkylation sites (tertiary alicyclic amines) is 1. The monoisotopic (exact) mass is 438 g/mol. The first kappa shape index (κ1) is 23.0. The Hall–Kier alpha value is -2.18. The van der Waals surface area contributed by atoms with E-state index >= 15 is 0 Å². The maximum Gasteiger partial charge on any atom is 0.272 e. The van der Waals surface area contributed by atoms with Gasteiger partial charge in [0.2, 0.25) is 0 Å². The van der Waals surface area contributed by atoms with Crippen molar-refractivity contribution in [2.24, 2.45) is 13.0 Å². The molecule has 0 N–H and O–H groups in total. The van der Waals surface area contributed by atoms with Crippen molar-refractivity contribution in [1.82, 2.24) is 19.6 Å². The summed E-state index contributed by atoms with van der Waals surface area (Å²) in [6.07, 6.45) is 5.41. The van der Waals surface area contributed by atoms with E-state index in [4.69, 9.17) is 4.74 Å². The van der Waals surface area contributed by atoms with Crippen LogP contribution in [0.3, 0.4) is 0 Å². The van der Waals surface area contributed by atoms with E-state index in [0.29, 0.717) is 18.2 Å². The quantitative estimate of drug-likeness (QED) is 0.629. The number of aromatic nitrogens is 2. The third-order valence-electron chi connectivity index (χ3n) is 7.09. The fourth-order valence-electron chi connectivity index (χ4n) is 5.00. The topological polar surface area (TPSA) is 50.6 Å². The fraction of sp³-hybridized carbons (Fsp3) is 0.615. The molecule has 1 unspecified atom stereocenters. The maximum atomic E-state index is 13.5. The molecule has 4 rings (SSSR count). The van der Waals surface area contributed by atoms with E-state index in [-0.39, 0.29) is 12.0 Å². The fourth-order valence-corrected chi connectivity index (χ4v) is 5.00. The van der Waals surface area contributed by atoms with Crippen LogP contribution in [0, 0.1) is 12.8 Å². The molecule has 2 saturated heterocycles. The second-order valence-corrected chi connectivity index (χ2v) is 9.49. The van der Waals surface area contributed by atoms with Gasteiger partial charge in [0, 0.05) is 33.3 Å². The van der Waals surface area contributed by atoms with Crippen LogP contribution in [0.5, 0.6) is 0 Å². The number of rotatable bonds is 8. The summed E-state index contributed by atoms with van der Waals surface area (Å²) >= 11 is 0. The summed E-state index contributed by atoms with van der Waals surface area (Å²) in [6, 6.07) is 10.6. The van der Waals surface area contributed by atoms with Crippen LogP contribution < -0.4 is 0 Å². The Balaban J connectivity index is 1.38. The normalized spacial score (nSPS) is 20.0. The highest BCUT2D eigenvalue weighted by molar-refractivity contribution is 5.92. The van der Waals surface area contributed by atoms with Gasteiger partial charge in [-0.3, -0.25) is 14.4 Å². The van der Waals surface area contributed by atoms with E-state index in [9.17, 15) is 4.79 Å². The number of amides is 1. The standard InChI is InChI=1S/C26H38N4O2/c1-4-23-16-25(28(3)27-23)26(31)30(19-24-10-7-15-32-24)17-21-11-13-29(14-12-21)18-22-9-6-5-8-20(22)2/h5-6,8-9,16,21,24H,4,7,10-15,17-19H2,1-3H3. The predicted octanol–water partition coefficient (Wildman–Crippen LogP) is 3.82. The van der Waals surface area contributed by atoms with Crippen molar-refractivity contribution < 1.29 is 9.53 Å². The SMILES string of the molecule is CCc1cc(C(=O)N(CC2CCN(Cc3ccccc3C)CC2)CC2CCCO2)n(C)n1. The zero-order valence-electron chi connectivity index (χ0n) is 19.9. The van der Waals surface area contributed by atoms with Crippen LogP contribution >= 0.6 is 0 Å². The van der Waals surface area contributed by atoms with Crippen molar-refractivity contribution in [3.8, 4) is 0 Å². The van der Waals surface area contributed by atoms with Crippen LogP contribution in [0.4, 0.5) is 0 Å². The number of carbonyl (C=O) groups excluding carboxylic acids is 1. The summed E-state index contributed by atoms with van der Waals surface area (Å²) in [5.41, 5.74) is 4.45. The molecule has 0 radical (unpaired) electrons. The molecule has 0 bridgehead atoms. The molecule has 1 atom stereocenters. The van der Waals surface area contributed by atoms with Crippen molar-refractivity contribution in [2.75, 3.05) is 32.8 Å². The van der Waals surface area contributed by atoms with Crippen LogP contribution in [0.2, 0.25) is 0 Å². The number of hydrogen-bond donors (Lipinski definition) is 0. The molecule has 2 fully saturated rings. The number of nitrogens with zero attached hydrogens (tertiary/aromatic N) is 4. The Kier molecular flexibility index (Phi) is 7.63. The molecule has 1 aromatic carbocycles. The first-order valence-electron chi connectivity index (χ1n) is 12.2. The first-order chi connectivity index (χ1) is 15.5. The maximum absolute atomic E-state index is 13.5. The van der Waals surface area contributed by atoms with Gasteiger partial charge >= 0.3 is 0 Å². The predicted molar refractivity (Wildman–Crippen MR) is 127 cm³/mol. The lowest BCUT2D eigenvalue weighted by molar-refractivity contribution is 0.0437. The lowest BCUT2D eigenvalue weighted by atomic mass is 9.95. The summed E-state index contributed by atoms with van der Waals surface area (Å²) < 4.78 is 7.63. The molecule has 1 aromatic heterocycles. The second-order valence-electron chi connectivity index (χ2n) is 9.49. The smallest absolute Gasteiger partial charge is 0.272 e. The number of benzene rings is 1. The number of carbonyl (C=O) groups is 1. The number of aryl methyl sites for hydroxylation is 3. The first-order valence-corrected chi connectivity index (χ1v) is 12.2. The molecule has 32 heavy (non-hydrogen) atoms. The average Bonchev–Trinajstić information content (AvgIpc) is 3.45. The van der Waals surface area contributed by atoms with Crippen LogP contribution in [-0.4, -0.2) is 64.4 Å². The average molecular weight is 439 g/mol. The van der Waals surface area contributed by atoms with Crippen molar-refractivity contribution in [3.63, 3.8) is 0 Å². The van der Waals surface area contributed by atoms with E-state index in [1.54, 1.807) is 4.68 Å². The number of piperidine rings is 1. The zero-order chi connectivity index (χ0) is 22.5. The van der Waals surface area contributed by atoms with Gasteiger partial charge in [-0.25, -0.2) is 0 Å². The molecule has 0 spiro atoms. The minimum Gasteiger partial charge on any atom is -0.376 e. The van der Waals surface area contributed by atoms with E-state index in [1.807, 2.05) is 18.0 Å². The molecular weight excluding hydrogens is 400 g/mol. The molecule has 0 aliphatic carbocycles.